The predicted octanol–water partition coefficient (Wildman–Crippen LogP) is 1.10. The van der Waals surface area contributed by atoms with Crippen molar-refractivity contribution in [3.63, 3.8) is 0 Å². The van der Waals surface area contributed by atoms with Crippen LogP contribution in [0, 0.1) is 11.8 Å². The van der Waals surface area contributed by atoms with Crippen LogP contribution >= 0.6 is 0 Å². The SMILES string of the molecule is OC[C@H]1CCCN(CC2CC2)C1. The molecular formula is C10H19NO. The molecule has 0 aromatic heterocycles. The molecule has 1 aliphatic carbocycles. The maximum atomic E-state index is 9.03. The van der Waals surface area contributed by atoms with Crippen molar-refractivity contribution in [3.8, 4) is 0 Å². The van der Waals surface area contributed by atoms with E-state index in [1.807, 2.05) is 0 Å². The minimum Gasteiger partial charge on any atom is -0.396 e. The molecule has 0 unspecified atom stereocenters. The molecular weight excluding hydrogens is 150 g/mol. The standard InChI is InChI=1S/C10H19NO/c12-8-10-2-1-5-11(7-10)6-9-3-4-9/h9-10,12H,1-8H2/t10-/m0/s1. The van der Waals surface area contributed by atoms with E-state index in [4.69, 9.17) is 5.11 Å². The van der Waals surface area contributed by atoms with E-state index >= 15 is 0 Å². The monoisotopic (exact) mass is 169 g/mol. The highest BCUT2D eigenvalue weighted by atomic mass is 16.3. The lowest BCUT2D eigenvalue weighted by atomic mass is 9.99. The maximum Gasteiger partial charge on any atom is 0.0471 e. The van der Waals surface area contributed by atoms with Crippen LogP contribution < -0.4 is 0 Å². The normalized spacial score (nSPS) is 32.2. The van der Waals surface area contributed by atoms with Crippen LogP contribution in [0.15, 0.2) is 0 Å². The first-order valence-corrected chi connectivity index (χ1v) is 5.21. The first kappa shape index (κ1) is 8.52. The molecule has 2 fully saturated rings. The first-order valence-electron chi connectivity index (χ1n) is 5.21. The largest absolute Gasteiger partial charge is 0.396 e. The van der Waals surface area contributed by atoms with Gasteiger partial charge in [0.1, 0.15) is 0 Å². The van der Waals surface area contributed by atoms with E-state index in [-0.39, 0.29) is 0 Å². The van der Waals surface area contributed by atoms with Gasteiger partial charge in [0.15, 0.2) is 0 Å². The second kappa shape index (κ2) is 3.75. The number of aliphatic hydroxyl groups excluding tert-OH is 1. The zero-order chi connectivity index (χ0) is 8.39. The maximum absolute atomic E-state index is 9.03. The quantitative estimate of drug-likeness (QED) is 0.684. The van der Waals surface area contributed by atoms with Gasteiger partial charge in [-0.25, -0.2) is 0 Å². The molecule has 1 saturated carbocycles. The second-order valence-electron chi connectivity index (χ2n) is 4.39. The highest BCUT2D eigenvalue weighted by Gasteiger charge is 2.27. The van der Waals surface area contributed by atoms with Crippen molar-refractivity contribution in [2.45, 2.75) is 25.7 Å². The van der Waals surface area contributed by atoms with Gasteiger partial charge in [-0.2, -0.15) is 0 Å². The van der Waals surface area contributed by atoms with Gasteiger partial charge in [-0.1, -0.05) is 0 Å². The zero-order valence-electron chi connectivity index (χ0n) is 7.71. The van der Waals surface area contributed by atoms with Crippen LogP contribution in [0.4, 0.5) is 0 Å². The summed E-state index contributed by atoms with van der Waals surface area (Å²) in [7, 11) is 0. The lowest BCUT2D eigenvalue weighted by Crippen LogP contribution is -2.37. The van der Waals surface area contributed by atoms with Crippen molar-refractivity contribution in [3.05, 3.63) is 0 Å². The zero-order valence-corrected chi connectivity index (χ0v) is 7.71. The lowest BCUT2D eigenvalue weighted by molar-refractivity contribution is 0.117. The van der Waals surface area contributed by atoms with Crippen LogP contribution in [-0.4, -0.2) is 36.2 Å². The Morgan fingerprint density at radius 2 is 2.00 bits per heavy atom. The molecule has 0 radical (unpaired) electrons. The van der Waals surface area contributed by atoms with Gasteiger partial charge in [0, 0.05) is 19.7 Å². The van der Waals surface area contributed by atoms with Crippen LogP contribution in [0.5, 0.6) is 0 Å². The topological polar surface area (TPSA) is 23.5 Å². The summed E-state index contributed by atoms with van der Waals surface area (Å²) in [6, 6.07) is 0. The minimum absolute atomic E-state index is 0.390. The molecule has 2 heteroatoms. The van der Waals surface area contributed by atoms with Crippen LogP contribution in [0.2, 0.25) is 0 Å². The third kappa shape index (κ3) is 2.20. The summed E-state index contributed by atoms with van der Waals surface area (Å²) in [6.07, 6.45) is 5.41. The molecule has 2 aliphatic rings. The van der Waals surface area contributed by atoms with Gasteiger partial charge in [0.25, 0.3) is 0 Å². The van der Waals surface area contributed by atoms with Gasteiger partial charge in [-0.3, -0.25) is 0 Å². The number of aliphatic hydroxyl groups is 1. The molecule has 70 valence electrons. The van der Waals surface area contributed by atoms with Crippen molar-refractivity contribution in [2.75, 3.05) is 26.2 Å². The number of hydrogen-bond donors (Lipinski definition) is 1. The lowest BCUT2D eigenvalue weighted by Gasteiger charge is -2.31. The Morgan fingerprint density at radius 3 is 2.67 bits per heavy atom. The molecule has 0 aromatic carbocycles. The molecule has 12 heavy (non-hydrogen) atoms. The molecule has 0 aromatic rings. The molecule has 1 saturated heterocycles. The van der Waals surface area contributed by atoms with Gasteiger partial charge in [-0.15, -0.1) is 0 Å². The Hall–Kier alpha value is -0.0800. The summed E-state index contributed by atoms with van der Waals surface area (Å²) >= 11 is 0. The van der Waals surface area contributed by atoms with Gasteiger partial charge in [-0.05, 0) is 44.1 Å². The van der Waals surface area contributed by atoms with Crippen LogP contribution in [0.25, 0.3) is 0 Å². The Bertz CT molecular complexity index is 145. The van der Waals surface area contributed by atoms with E-state index in [1.165, 1.54) is 38.8 Å². The van der Waals surface area contributed by atoms with E-state index in [1.54, 1.807) is 0 Å². The third-order valence-electron chi connectivity index (χ3n) is 3.07. The molecule has 0 amide bonds. The summed E-state index contributed by atoms with van der Waals surface area (Å²) in [6.45, 7) is 4.11. The number of rotatable bonds is 3. The van der Waals surface area contributed by atoms with Crippen molar-refractivity contribution in [1.29, 1.82) is 0 Å². The van der Waals surface area contributed by atoms with E-state index < -0.39 is 0 Å². The van der Waals surface area contributed by atoms with Gasteiger partial charge >= 0.3 is 0 Å². The minimum atomic E-state index is 0.390. The summed E-state index contributed by atoms with van der Waals surface area (Å²) < 4.78 is 0. The number of hydrogen-bond acceptors (Lipinski definition) is 2. The van der Waals surface area contributed by atoms with Crippen LogP contribution in [-0.2, 0) is 0 Å². The number of nitrogens with zero attached hydrogens (tertiary/aromatic N) is 1. The Labute approximate surface area is 74.6 Å². The van der Waals surface area contributed by atoms with Crippen LogP contribution in [0.1, 0.15) is 25.7 Å². The fourth-order valence-electron chi connectivity index (χ4n) is 2.13. The van der Waals surface area contributed by atoms with E-state index in [0.29, 0.717) is 12.5 Å². The highest BCUT2D eigenvalue weighted by Crippen LogP contribution is 2.31. The molecule has 1 atom stereocenters. The fourth-order valence-corrected chi connectivity index (χ4v) is 2.13. The fraction of sp³-hybridized carbons (Fsp3) is 1.00. The van der Waals surface area contributed by atoms with Gasteiger partial charge < -0.3 is 10.0 Å². The molecule has 0 spiro atoms. The van der Waals surface area contributed by atoms with Crippen molar-refractivity contribution in [2.24, 2.45) is 11.8 Å². The van der Waals surface area contributed by atoms with Crippen molar-refractivity contribution >= 4 is 0 Å². The summed E-state index contributed by atoms with van der Waals surface area (Å²) in [5.74, 6) is 1.57. The average molecular weight is 169 g/mol. The third-order valence-corrected chi connectivity index (χ3v) is 3.07. The first-order chi connectivity index (χ1) is 5.88. The Morgan fingerprint density at radius 1 is 1.17 bits per heavy atom. The molecule has 1 N–H and O–H groups in total. The highest BCUT2D eigenvalue weighted by molar-refractivity contribution is 4.80. The van der Waals surface area contributed by atoms with Crippen LogP contribution in [0.3, 0.4) is 0 Å². The Balaban J connectivity index is 1.73. The molecule has 1 heterocycles. The summed E-state index contributed by atoms with van der Waals surface area (Å²) in [4.78, 5) is 2.54. The number of likely N-dealkylation sites (tertiary alicyclic amines) is 1. The molecule has 0 bridgehead atoms. The van der Waals surface area contributed by atoms with Gasteiger partial charge in [0.2, 0.25) is 0 Å². The smallest absolute Gasteiger partial charge is 0.0471 e. The van der Waals surface area contributed by atoms with E-state index in [9.17, 15) is 0 Å². The van der Waals surface area contributed by atoms with Crippen molar-refractivity contribution < 1.29 is 5.11 Å². The molecule has 2 nitrogen and oxygen atoms in total. The summed E-state index contributed by atoms with van der Waals surface area (Å²) in [5, 5.41) is 9.03. The average Bonchev–Trinajstić information content (AvgIpc) is 2.89. The van der Waals surface area contributed by atoms with E-state index in [2.05, 4.69) is 4.90 Å². The Kier molecular flexibility index (Phi) is 2.66. The van der Waals surface area contributed by atoms with E-state index in [0.717, 1.165) is 12.5 Å². The predicted molar refractivity (Wildman–Crippen MR) is 49.0 cm³/mol. The van der Waals surface area contributed by atoms with Crippen molar-refractivity contribution in [1.82, 2.24) is 4.90 Å². The van der Waals surface area contributed by atoms with Gasteiger partial charge in [0.05, 0.1) is 0 Å². The number of piperidine rings is 1. The second-order valence-corrected chi connectivity index (χ2v) is 4.39. The summed E-state index contributed by atoms with van der Waals surface area (Å²) in [5.41, 5.74) is 0. The molecule has 2 rings (SSSR count). The molecule has 1 aliphatic heterocycles.